The molecule has 0 aliphatic heterocycles. The molecule has 0 unspecified atom stereocenters. The van der Waals surface area contributed by atoms with Gasteiger partial charge in [-0.05, 0) is 17.7 Å². The van der Waals surface area contributed by atoms with Crippen molar-refractivity contribution in [3.05, 3.63) is 46.6 Å². The zero-order valence-electron chi connectivity index (χ0n) is 8.56. The molecule has 5 heteroatoms. The molecule has 2 aromatic rings. The molecule has 0 spiro atoms. The predicted molar refractivity (Wildman–Crippen MR) is 59.3 cm³/mol. The summed E-state index contributed by atoms with van der Waals surface area (Å²) in [6.07, 6.45) is 1.000. The smallest absolute Gasteiger partial charge is 0.228 e. The van der Waals surface area contributed by atoms with Crippen molar-refractivity contribution in [3.8, 4) is 0 Å². The lowest BCUT2D eigenvalue weighted by atomic mass is 10.1. The first-order chi connectivity index (χ1) is 7.78. The molecule has 84 valence electrons. The monoisotopic (exact) mass is 238 g/mol. The lowest BCUT2D eigenvalue weighted by Gasteiger charge is -1.96. The summed E-state index contributed by atoms with van der Waals surface area (Å²) in [5.74, 6) is 1.08. The van der Waals surface area contributed by atoms with Crippen molar-refractivity contribution >= 4 is 11.6 Å². The highest BCUT2D eigenvalue weighted by Gasteiger charge is 2.06. The van der Waals surface area contributed by atoms with E-state index in [9.17, 15) is 0 Å². The number of rotatable bonds is 4. The Kier molecular flexibility index (Phi) is 3.54. The number of nitrogens with zero attached hydrogens (tertiary/aromatic N) is 2. The van der Waals surface area contributed by atoms with Crippen LogP contribution in [0.25, 0.3) is 0 Å². The van der Waals surface area contributed by atoms with E-state index >= 15 is 0 Å². The molecule has 1 aromatic carbocycles. The fourth-order valence-electron chi connectivity index (χ4n) is 1.34. The zero-order chi connectivity index (χ0) is 11.4. The fourth-order valence-corrected chi connectivity index (χ4v) is 1.47. The van der Waals surface area contributed by atoms with Crippen LogP contribution in [-0.2, 0) is 12.8 Å². The van der Waals surface area contributed by atoms with Crippen molar-refractivity contribution in [1.82, 2.24) is 10.1 Å². The largest absolute Gasteiger partial charge is 0.396 e. The molecule has 0 atom stereocenters. The van der Waals surface area contributed by atoms with E-state index in [0.29, 0.717) is 29.6 Å². The Balaban J connectivity index is 2.05. The molecule has 4 nitrogen and oxygen atoms in total. The average molecular weight is 239 g/mol. The fraction of sp³-hybridized carbons (Fsp3) is 0.273. The quantitative estimate of drug-likeness (QED) is 0.883. The van der Waals surface area contributed by atoms with E-state index in [1.807, 2.05) is 24.3 Å². The van der Waals surface area contributed by atoms with E-state index in [-0.39, 0.29) is 6.61 Å². The van der Waals surface area contributed by atoms with Crippen molar-refractivity contribution < 1.29 is 9.63 Å². The van der Waals surface area contributed by atoms with Crippen LogP contribution in [0.3, 0.4) is 0 Å². The van der Waals surface area contributed by atoms with Gasteiger partial charge in [0.15, 0.2) is 5.82 Å². The first-order valence-corrected chi connectivity index (χ1v) is 5.32. The molecule has 1 heterocycles. The summed E-state index contributed by atoms with van der Waals surface area (Å²) in [4.78, 5) is 4.15. The summed E-state index contributed by atoms with van der Waals surface area (Å²) in [5, 5.41) is 13.2. The average Bonchev–Trinajstić information content (AvgIpc) is 2.70. The van der Waals surface area contributed by atoms with Crippen LogP contribution in [0.2, 0.25) is 5.02 Å². The lowest BCUT2D eigenvalue weighted by Crippen LogP contribution is -1.93. The molecule has 0 aliphatic carbocycles. The molecule has 0 saturated carbocycles. The van der Waals surface area contributed by atoms with Crippen molar-refractivity contribution in [3.63, 3.8) is 0 Å². The molecule has 0 radical (unpaired) electrons. The second kappa shape index (κ2) is 5.09. The van der Waals surface area contributed by atoms with E-state index in [1.165, 1.54) is 0 Å². The van der Waals surface area contributed by atoms with Crippen LogP contribution in [-0.4, -0.2) is 21.9 Å². The summed E-state index contributed by atoms with van der Waals surface area (Å²) in [6, 6.07) is 7.49. The molecule has 0 bridgehead atoms. The molecule has 0 fully saturated rings. The third kappa shape index (κ3) is 2.81. The normalized spacial score (nSPS) is 10.6. The Hall–Kier alpha value is -1.39. The number of aliphatic hydroxyl groups excluding tert-OH is 1. The van der Waals surface area contributed by atoms with Gasteiger partial charge in [-0.2, -0.15) is 4.98 Å². The molecular formula is C11H11ClN2O2. The van der Waals surface area contributed by atoms with Crippen molar-refractivity contribution in [2.75, 3.05) is 6.61 Å². The highest BCUT2D eigenvalue weighted by molar-refractivity contribution is 6.30. The Morgan fingerprint density at radius 2 is 2.00 bits per heavy atom. The SMILES string of the molecule is OCCc1nc(Cc2ccc(Cl)cc2)no1. The first kappa shape index (κ1) is 11.1. The summed E-state index contributed by atoms with van der Waals surface area (Å²) in [6.45, 7) is 0.0164. The van der Waals surface area contributed by atoms with Gasteiger partial charge >= 0.3 is 0 Å². The second-order valence-corrected chi connectivity index (χ2v) is 3.82. The third-order valence-electron chi connectivity index (χ3n) is 2.11. The van der Waals surface area contributed by atoms with E-state index < -0.39 is 0 Å². The minimum absolute atomic E-state index is 0.0164. The standard InChI is InChI=1S/C11H11ClN2O2/c12-9-3-1-8(2-4-9)7-10-13-11(5-6-15)16-14-10/h1-4,15H,5-7H2. The van der Waals surface area contributed by atoms with E-state index in [0.717, 1.165) is 5.56 Å². The van der Waals surface area contributed by atoms with Gasteiger partial charge < -0.3 is 9.63 Å². The van der Waals surface area contributed by atoms with Crippen LogP contribution in [0, 0.1) is 0 Å². The minimum atomic E-state index is 0.0164. The van der Waals surface area contributed by atoms with Gasteiger partial charge in [-0.1, -0.05) is 28.9 Å². The highest BCUT2D eigenvalue weighted by atomic mass is 35.5. The van der Waals surface area contributed by atoms with Crippen LogP contribution in [0.5, 0.6) is 0 Å². The second-order valence-electron chi connectivity index (χ2n) is 3.38. The van der Waals surface area contributed by atoms with Crippen LogP contribution >= 0.6 is 11.6 Å². The van der Waals surface area contributed by atoms with Gasteiger partial charge in [-0.3, -0.25) is 0 Å². The molecule has 0 amide bonds. The Morgan fingerprint density at radius 1 is 1.25 bits per heavy atom. The van der Waals surface area contributed by atoms with Crippen molar-refractivity contribution in [1.29, 1.82) is 0 Å². The van der Waals surface area contributed by atoms with Crippen molar-refractivity contribution in [2.24, 2.45) is 0 Å². The molecule has 1 N–H and O–H groups in total. The summed E-state index contributed by atoms with van der Waals surface area (Å²) in [5.41, 5.74) is 1.07. The van der Waals surface area contributed by atoms with Gasteiger partial charge in [0.2, 0.25) is 5.89 Å². The molecular weight excluding hydrogens is 228 g/mol. The van der Waals surface area contributed by atoms with Crippen LogP contribution in [0.15, 0.2) is 28.8 Å². The Morgan fingerprint density at radius 3 is 2.69 bits per heavy atom. The van der Waals surface area contributed by atoms with Gasteiger partial charge in [0.25, 0.3) is 0 Å². The van der Waals surface area contributed by atoms with Crippen LogP contribution in [0.4, 0.5) is 0 Å². The van der Waals surface area contributed by atoms with Gasteiger partial charge in [-0.25, -0.2) is 0 Å². The van der Waals surface area contributed by atoms with E-state index in [2.05, 4.69) is 10.1 Å². The maximum absolute atomic E-state index is 8.71. The third-order valence-corrected chi connectivity index (χ3v) is 2.36. The molecule has 0 aliphatic rings. The van der Waals surface area contributed by atoms with E-state index in [4.69, 9.17) is 21.2 Å². The number of hydrogen-bond donors (Lipinski definition) is 1. The number of hydrogen-bond acceptors (Lipinski definition) is 4. The van der Waals surface area contributed by atoms with Gasteiger partial charge in [0, 0.05) is 11.4 Å². The molecule has 1 aromatic heterocycles. The van der Waals surface area contributed by atoms with Gasteiger partial charge in [0.05, 0.1) is 13.0 Å². The van der Waals surface area contributed by atoms with Crippen LogP contribution in [0.1, 0.15) is 17.3 Å². The van der Waals surface area contributed by atoms with Gasteiger partial charge in [0.1, 0.15) is 0 Å². The Bertz CT molecular complexity index is 453. The number of aliphatic hydroxyl groups is 1. The topological polar surface area (TPSA) is 59.2 Å². The minimum Gasteiger partial charge on any atom is -0.396 e. The first-order valence-electron chi connectivity index (χ1n) is 4.94. The van der Waals surface area contributed by atoms with Crippen molar-refractivity contribution in [2.45, 2.75) is 12.8 Å². The number of aromatic nitrogens is 2. The van der Waals surface area contributed by atoms with Gasteiger partial charge in [-0.15, -0.1) is 0 Å². The highest BCUT2D eigenvalue weighted by Crippen LogP contribution is 2.12. The maximum Gasteiger partial charge on any atom is 0.228 e. The number of halogens is 1. The summed E-state index contributed by atoms with van der Waals surface area (Å²) in [7, 11) is 0. The zero-order valence-corrected chi connectivity index (χ0v) is 9.31. The molecule has 0 saturated heterocycles. The number of benzene rings is 1. The summed E-state index contributed by atoms with van der Waals surface area (Å²) >= 11 is 5.78. The van der Waals surface area contributed by atoms with Crippen LogP contribution < -0.4 is 0 Å². The predicted octanol–water partition coefficient (Wildman–Crippen LogP) is 1.85. The Labute approximate surface area is 97.9 Å². The summed E-state index contributed by atoms with van der Waals surface area (Å²) < 4.78 is 4.95. The molecule has 2 rings (SSSR count). The molecule has 16 heavy (non-hydrogen) atoms. The lowest BCUT2D eigenvalue weighted by molar-refractivity contribution is 0.274. The maximum atomic E-state index is 8.71. The van der Waals surface area contributed by atoms with E-state index in [1.54, 1.807) is 0 Å².